The highest BCUT2D eigenvalue weighted by molar-refractivity contribution is 9.09. The third-order valence-electron chi connectivity index (χ3n) is 3.77. The number of hydrogen-bond acceptors (Lipinski definition) is 1. The molecule has 0 bridgehead atoms. The van der Waals surface area contributed by atoms with E-state index in [1.807, 2.05) is 4.90 Å². The second-order valence-corrected chi connectivity index (χ2v) is 5.88. The van der Waals surface area contributed by atoms with Gasteiger partial charge in [0.05, 0.1) is 0 Å². The van der Waals surface area contributed by atoms with Crippen LogP contribution in [0.1, 0.15) is 41.6 Å². The fourth-order valence-corrected chi connectivity index (χ4v) is 3.16. The number of aryl methyl sites for hydroxylation is 1. The molecule has 0 atom stereocenters. The molecular weight excluding hydrogens is 309 g/mol. The lowest BCUT2D eigenvalue weighted by Gasteiger charge is -2.29. The third-order valence-corrected chi connectivity index (χ3v) is 4.13. The summed E-state index contributed by atoms with van der Waals surface area (Å²) in [6.45, 7) is 2.50. The molecule has 0 N–H and O–H groups in total. The first-order chi connectivity index (χ1) is 9.13. The number of alkyl halides is 1. The van der Waals surface area contributed by atoms with Crippen molar-refractivity contribution in [3.05, 3.63) is 35.1 Å². The first kappa shape index (κ1) is 14.5. The lowest BCUT2D eigenvalue weighted by molar-refractivity contribution is 0.0695. The molecule has 2 rings (SSSR count). The van der Waals surface area contributed by atoms with E-state index in [0.717, 1.165) is 18.2 Å². The van der Waals surface area contributed by atoms with Gasteiger partial charge in [-0.25, -0.2) is 4.39 Å². The monoisotopic (exact) mass is 327 g/mol. The summed E-state index contributed by atoms with van der Waals surface area (Å²) in [7, 11) is 0. The molecule has 0 unspecified atom stereocenters. The SMILES string of the molecule is Cc1cc(F)ccc1C(=O)N(CCBr)C1CCCC1. The topological polar surface area (TPSA) is 20.3 Å². The van der Waals surface area contributed by atoms with E-state index >= 15 is 0 Å². The van der Waals surface area contributed by atoms with E-state index < -0.39 is 0 Å². The fourth-order valence-electron chi connectivity index (χ4n) is 2.78. The Hall–Kier alpha value is -0.900. The molecule has 1 amide bonds. The minimum atomic E-state index is -0.290. The smallest absolute Gasteiger partial charge is 0.254 e. The van der Waals surface area contributed by atoms with Crippen molar-refractivity contribution in [1.82, 2.24) is 4.90 Å². The van der Waals surface area contributed by atoms with Crippen LogP contribution in [0, 0.1) is 12.7 Å². The molecule has 1 saturated carbocycles. The Morgan fingerprint density at radius 1 is 1.42 bits per heavy atom. The van der Waals surface area contributed by atoms with E-state index in [4.69, 9.17) is 0 Å². The first-order valence-corrected chi connectivity index (χ1v) is 7.88. The summed E-state index contributed by atoms with van der Waals surface area (Å²) < 4.78 is 13.1. The largest absolute Gasteiger partial charge is 0.335 e. The molecule has 1 aliphatic rings. The third kappa shape index (κ3) is 3.35. The van der Waals surface area contributed by atoms with Crippen LogP contribution in [0.5, 0.6) is 0 Å². The van der Waals surface area contributed by atoms with Gasteiger partial charge in [-0.2, -0.15) is 0 Å². The number of benzene rings is 1. The van der Waals surface area contributed by atoms with Crippen LogP contribution in [0.3, 0.4) is 0 Å². The van der Waals surface area contributed by atoms with Gasteiger partial charge in [-0.15, -0.1) is 0 Å². The van der Waals surface area contributed by atoms with E-state index in [0.29, 0.717) is 23.7 Å². The highest BCUT2D eigenvalue weighted by atomic mass is 79.9. The maximum atomic E-state index is 13.1. The lowest BCUT2D eigenvalue weighted by atomic mass is 10.1. The molecule has 0 aliphatic heterocycles. The summed E-state index contributed by atoms with van der Waals surface area (Å²) in [5.74, 6) is -0.259. The Morgan fingerprint density at radius 2 is 2.11 bits per heavy atom. The van der Waals surface area contributed by atoms with Crippen LogP contribution >= 0.6 is 15.9 Å². The predicted molar refractivity (Wildman–Crippen MR) is 78.2 cm³/mol. The molecule has 1 aromatic carbocycles. The summed E-state index contributed by atoms with van der Waals surface area (Å²) in [5.41, 5.74) is 1.33. The zero-order chi connectivity index (χ0) is 13.8. The molecule has 0 aromatic heterocycles. The zero-order valence-corrected chi connectivity index (χ0v) is 12.7. The summed E-state index contributed by atoms with van der Waals surface area (Å²) in [6.07, 6.45) is 4.55. The highest BCUT2D eigenvalue weighted by Crippen LogP contribution is 2.25. The average Bonchev–Trinajstić information content (AvgIpc) is 2.89. The van der Waals surface area contributed by atoms with Crippen LogP contribution < -0.4 is 0 Å². The molecule has 4 heteroatoms. The Bertz CT molecular complexity index is 457. The van der Waals surface area contributed by atoms with Crippen molar-refractivity contribution in [2.24, 2.45) is 0 Å². The minimum Gasteiger partial charge on any atom is -0.335 e. The highest BCUT2D eigenvalue weighted by Gasteiger charge is 2.27. The van der Waals surface area contributed by atoms with Gasteiger partial charge in [0.2, 0.25) is 0 Å². The number of amides is 1. The van der Waals surface area contributed by atoms with Crippen LogP contribution in [0.15, 0.2) is 18.2 Å². The number of nitrogens with zero attached hydrogens (tertiary/aromatic N) is 1. The lowest BCUT2D eigenvalue weighted by Crippen LogP contribution is -2.40. The molecule has 1 aromatic rings. The molecule has 1 fully saturated rings. The minimum absolute atomic E-state index is 0.0313. The predicted octanol–water partition coefficient (Wildman–Crippen LogP) is 3.91. The maximum absolute atomic E-state index is 13.1. The van der Waals surface area contributed by atoms with E-state index in [1.165, 1.54) is 25.0 Å². The Kier molecular flexibility index (Phi) is 4.97. The Labute approximate surface area is 122 Å². The van der Waals surface area contributed by atoms with Crippen LogP contribution in [0.25, 0.3) is 0 Å². The first-order valence-electron chi connectivity index (χ1n) is 6.76. The molecule has 0 spiro atoms. The van der Waals surface area contributed by atoms with E-state index in [2.05, 4.69) is 15.9 Å². The second-order valence-electron chi connectivity index (χ2n) is 5.09. The molecule has 0 saturated heterocycles. The molecule has 0 radical (unpaired) electrons. The molecule has 0 heterocycles. The average molecular weight is 328 g/mol. The summed E-state index contributed by atoms with van der Waals surface area (Å²) >= 11 is 3.41. The number of halogens is 2. The van der Waals surface area contributed by atoms with Gasteiger partial charge in [0.15, 0.2) is 0 Å². The molecule has 19 heavy (non-hydrogen) atoms. The standard InChI is InChI=1S/C15H19BrFNO/c1-11-10-12(17)6-7-14(11)15(19)18(9-8-16)13-4-2-3-5-13/h6-7,10,13H,2-5,8-9H2,1H3. The van der Waals surface area contributed by atoms with E-state index in [9.17, 15) is 9.18 Å². The van der Waals surface area contributed by atoms with Crippen molar-refractivity contribution < 1.29 is 9.18 Å². The number of rotatable bonds is 4. The van der Waals surface area contributed by atoms with Crippen molar-refractivity contribution >= 4 is 21.8 Å². The van der Waals surface area contributed by atoms with Gasteiger partial charge in [0, 0.05) is 23.5 Å². The zero-order valence-electron chi connectivity index (χ0n) is 11.2. The van der Waals surface area contributed by atoms with E-state index in [-0.39, 0.29) is 11.7 Å². The number of carbonyl (C=O) groups excluding carboxylic acids is 1. The summed E-state index contributed by atoms with van der Waals surface area (Å²) in [6, 6.07) is 4.73. The molecule has 1 aliphatic carbocycles. The van der Waals surface area contributed by atoms with Crippen molar-refractivity contribution in [1.29, 1.82) is 0 Å². The Morgan fingerprint density at radius 3 is 2.68 bits per heavy atom. The van der Waals surface area contributed by atoms with Gasteiger partial charge in [-0.3, -0.25) is 4.79 Å². The second kappa shape index (κ2) is 6.51. The van der Waals surface area contributed by atoms with Gasteiger partial charge in [0.25, 0.3) is 5.91 Å². The van der Waals surface area contributed by atoms with Gasteiger partial charge in [0.1, 0.15) is 5.82 Å². The van der Waals surface area contributed by atoms with Gasteiger partial charge >= 0.3 is 0 Å². The quantitative estimate of drug-likeness (QED) is 0.768. The maximum Gasteiger partial charge on any atom is 0.254 e. The van der Waals surface area contributed by atoms with Crippen molar-refractivity contribution in [2.45, 2.75) is 38.6 Å². The van der Waals surface area contributed by atoms with Crippen LogP contribution in [0.4, 0.5) is 4.39 Å². The van der Waals surface area contributed by atoms with Gasteiger partial charge in [-0.05, 0) is 43.5 Å². The van der Waals surface area contributed by atoms with E-state index in [1.54, 1.807) is 13.0 Å². The normalized spacial score (nSPS) is 15.7. The van der Waals surface area contributed by atoms with Crippen LogP contribution in [-0.4, -0.2) is 28.7 Å². The van der Waals surface area contributed by atoms with Crippen LogP contribution in [-0.2, 0) is 0 Å². The van der Waals surface area contributed by atoms with Gasteiger partial charge in [-0.1, -0.05) is 28.8 Å². The molecule has 2 nitrogen and oxygen atoms in total. The van der Waals surface area contributed by atoms with Crippen molar-refractivity contribution in [3.8, 4) is 0 Å². The van der Waals surface area contributed by atoms with Crippen molar-refractivity contribution in [3.63, 3.8) is 0 Å². The molecule has 104 valence electrons. The molecular formula is C15H19BrFNO. The Balaban J connectivity index is 2.22. The van der Waals surface area contributed by atoms with Gasteiger partial charge < -0.3 is 4.90 Å². The number of hydrogen-bond donors (Lipinski definition) is 0. The van der Waals surface area contributed by atoms with Crippen LogP contribution in [0.2, 0.25) is 0 Å². The summed E-state index contributed by atoms with van der Waals surface area (Å²) in [4.78, 5) is 14.6. The summed E-state index contributed by atoms with van der Waals surface area (Å²) in [5, 5.41) is 0.773. The number of carbonyl (C=O) groups is 1. The van der Waals surface area contributed by atoms with Crippen molar-refractivity contribution in [2.75, 3.05) is 11.9 Å². The fraction of sp³-hybridized carbons (Fsp3) is 0.533.